The summed E-state index contributed by atoms with van der Waals surface area (Å²) in [5, 5.41) is 4.79. The van der Waals surface area contributed by atoms with Gasteiger partial charge >= 0.3 is 6.03 Å². The minimum Gasteiger partial charge on any atom is -0.483 e. The van der Waals surface area contributed by atoms with Crippen LogP contribution >= 0.6 is 15.9 Å². The Morgan fingerprint density at radius 2 is 1.76 bits per heavy atom. The normalized spacial score (nSPS) is 14.5. The van der Waals surface area contributed by atoms with Gasteiger partial charge in [0.1, 0.15) is 17.1 Å². The van der Waals surface area contributed by atoms with Crippen molar-refractivity contribution in [3.8, 4) is 5.75 Å². The van der Waals surface area contributed by atoms with E-state index in [-0.39, 0.29) is 12.2 Å². The van der Waals surface area contributed by atoms with Crippen molar-refractivity contribution in [3.05, 3.63) is 93.2 Å². The number of hydrogen-bond donors (Lipinski definition) is 2. The first-order chi connectivity index (χ1) is 17.6. The molecule has 0 aromatic heterocycles. The van der Waals surface area contributed by atoms with Gasteiger partial charge in [-0.25, -0.2) is 14.1 Å². The van der Waals surface area contributed by atoms with Gasteiger partial charge in [0.15, 0.2) is 6.61 Å². The lowest BCUT2D eigenvalue weighted by Crippen LogP contribution is -2.54. The van der Waals surface area contributed by atoms with Crippen molar-refractivity contribution < 1.29 is 28.3 Å². The molecule has 0 aliphatic carbocycles. The Morgan fingerprint density at radius 3 is 2.43 bits per heavy atom. The van der Waals surface area contributed by atoms with Gasteiger partial charge in [0, 0.05) is 5.69 Å². The van der Waals surface area contributed by atoms with Gasteiger partial charge in [-0.15, -0.1) is 0 Å². The molecule has 1 saturated heterocycles. The highest BCUT2D eigenvalue weighted by Gasteiger charge is 2.36. The van der Waals surface area contributed by atoms with E-state index in [0.717, 1.165) is 16.0 Å². The lowest BCUT2D eigenvalue weighted by molar-refractivity contribution is -0.122. The lowest BCUT2D eigenvalue weighted by atomic mass is 10.1. The van der Waals surface area contributed by atoms with Crippen LogP contribution in [0.4, 0.5) is 20.6 Å². The summed E-state index contributed by atoms with van der Waals surface area (Å²) >= 11 is 3.36. The number of hydrogen-bond acceptors (Lipinski definition) is 5. The summed E-state index contributed by atoms with van der Waals surface area (Å²) < 4.78 is 19.0. The zero-order chi connectivity index (χ0) is 26.7. The monoisotopic (exact) mass is 565 g/mol. The van der Waals surface area contributed by atoms with Crippen LogP contribution in [-0.4, -0.2) is 30.4 Å². The summed E-state index contributed by atoms with van der Waals surface area (Å²) in [4.78, 5) is 51.1. The number of imide groups is 2. The van der Waals surface area contributed by atoms with Crippen LogP contribution in [0.15, 0.2) is 70.7 Å². The number of nitrogens with one attached hydrogen (secondary N) is 2. The van der Waals surface area contributed by atoms with Gasteiger partial charge in [0.05, 0.1) is 10.2 Å². The molecule has 1 fully saturated rings. The molecule has 1 aliphatic heterocycles. The Morgan fingerprint density at radius 1 is 1.03 bits per heavy atom. The first-order valence-corrected chi connectivity index (χ1v) is 11.9. The number of carbonyl (C=O) groups excluding carboxylic acids is 4. The van der Waals surface area contributed by atoms with Gasteiger partial charge in [-0.05, 0) is 101 Å². The van der Waals surface area contributed by atoms with Crippen molar-refractivity contribution in [2.24, 2.45) is 0 Å². The SMILES string of the molecule is Cc1ccc(N2C(=O)NC(=O)/C(=C/c3ccc(OCC(=O)Nc4ccc(F)cc4)c(Br)c3)C2=O)cc1C. The van der Waals surface area contributed by atoms with E-state index in [1.54, 1.807) is 36.4 Å². The molecule has 0 saturated carbocycles. The van der Waals surface area contributed by atoms with Crippen molar-refractivity contribution in [2.75, 3.05) is 16.8 Å². The van der Waals surface area contributed by atoms with Crippen LogP contribution in [0.2, 0.25) is 0 Å². The third kappa shape index (κ3) is 5.92. The van der Waals surface area contributed by atoms with Crippen LogP contribution in [0, 0.1) is 19.7 Å². The first-order valence-electron chi connectivity index (χ1n) is 11.1. The molecule has 1 aliphatic rings. The van der Waals surface area contributed by atoms with E-state index in [0.29, 0.717) is 27.2 Å². The molecule has 4 rings (SSSR count). The average molecular weight is 566 g/mol. The van der Waals surface area contributed by atoms with Crippen molar-refractivity contribution in [3.63, 3.8) is 0 Å². The first kappa shape index (κ1) is 25.8. The molecule has 37 heavy (non-hydrogen) atoms. The fraction of sp³-hybridized carbons (Fsp3) is 0.111. The maximum atomic E-state index is 13.1. The maximum Gasteiger partial charge on any atom is 0.335 e. The number of rotatable bonds is 6. The molecule has 0 unspecified atom stereocenters. The summed E-state index contributed by atoms with van der Waals surface area (Å²) in [5.41, 5.74) is 2.96. The number of urea groups is 1. The van der Waals surface area contributed by atoms with Crippen molar-refractivity contribution >= 4 is 57.1 Å². The van der Waals surface area contributed by atoms with Crippen LogP contribution < -0.4 is 20.3 Å². The van der Waals surface area contributed by atoms with Crippen LogP contribution in [0.5, 0.6) is 5.75 Å². The largest absolute Gasteiger partial charge is 0.483 e. The Balaban J connectivity index is 1.48. The molecule has 0 spiro atoms. The molecule has 3 aromatic rings. The second-order valence-electron chi connectivity index (χ2n) is 8.26. The van der Waals surface area contributed by atoms with Gasteiger partial charge in [-0.2, -0.15) is 0 Å². The zero-order valence-corrected chi connectivity index (χ0v) is 21.4. The second kappa shape index (κ2) is 10.8. The van der Waals surface area contributed by atoms with Gasteiger partial charge in [0.25, 0.3) is 17.7 Å². The molecule has 8 nitrogen and oxygen atoms in total. The molecular formula is C27H21BrFN3O5. The topological polar surface area (TPSA) is 105 Å². The summed E-state index contributed by atoms with van der Waals surface area (Å²) in [5.74, 6) is -2.05. The molecule has 2 N–H and O–H groups in total. The van der Waals surface area contributed by atoms with E-state index in [1.165, 1.54) is 30.3 Å². The summed E-state index contributed by atoms with van der Waals surface area (Å²) in [6.45, 7) is 3.47. The second-order valence-corrected chi connectivity index (χ2v) is 9.11. The van der Waals surface area contributed by atoms with Crippen LogP contribution in [-0.2, 0) is 14.4 Å². The quantitative estimate of drug-likeness (QED) is 0.327. The predicted octanol–water partition coefficient (Wildman–Crippen LogP) is 4.89. The maximum absolute atomic E-state index is 13.1. The Bertz CT molecular complexity index is 1450. The fourth-order valence-corrected chi connectivity index (χ4v) is 4.03. The third-order valence-electron chi connectivity index (χ3n) is 5.60. The van der Waals surface area contributed by atoms with Crippen molar-refractivity contribution in [1.29, 1.82) is 0 Å². The van der Waals surface area contributed by atoms with E-state index >= 15 is 0 Å². The Kier molecular flexibility index (Phi) is 7.49. The minimum atomic E-state index is -0.820. The molecule has 0 radical (unpaired) electrons. The predicted molar refractivity (Wildman–Crippen MR) is 140 cm³/mol. The van der Waals surface area contributed by atoms with Gasteiger partial charge in [0.2, 0.25) is 0 Å². The number of halogens is 2. The highest BCUT2D eigenvalue weighted by atomic mass is 79.9. The van der Waals surface area contributed by atoms with Gasteiger partial charge in [-0.3, -0.25) is 19.7 Å². The number of carbonyl (C=O) groups is 4. The molecular weight excluding hydrogens is 545 g/mol. The Labute approximate surface area is 220 Å². The van der Waals surface area contributed by atoms with E-state index in [9.17, 15) is 23.6 Å². The number of barbiturate groups is 1. The van der Waals surface area contributed by atoms with E-state index < -0.39 is 29.6 Å². The molecule has 1 heterocycles. The van der Waals surface area contributed by atoms with E-state index in [2.05, 4.69) is 26.6 Å². The number of amides is 5. The summed E-state index contributed by atoms with van der Waals surface area (Å²) in [7, 11) is 0. The smallest absolute Gasteiger partial charge is 0.335 e. The van der Waals surface area contributed by atoms with E-state index in [4.69, 9.17) is 4.74 Å². The number of anilines is 2. The lowest BCUT2D eigenvalue weighted by Gasteiger charge is -2.26. The molecule has 5 amide bonds. The highest BCUT2D eigenvalue weighted by molar-refractivity contribution is 9.10. The molecule has 0 atom stereocenters. The van der Waals surface area contributed by atoms with Gasteiger partial charge < -0.3 is 10.1 Å². The van der Waals surface area contributed by atoms with Crippen molar-refractivity contribution in [2.45, 2.75) is 13.8 Å². The van der Waals surface area contributed by atoms with Crippen LogP contribution in [0.1, 0.15) is 16.7 Å². The summed E-state index contributed by atoms with van der Waals surface area (Å²) in [6, 6.07) is 14.4. The molecule has 10 heteroatoms. The number of aryl methyl sites for hydroxylation is 2. The van der Waals surface area contributed by atoms with Crippen molar-refractivity contribution in [1.82, 2.24) is 5.32 Å². The third-order valence-corrected chi connectivity index (χ3v) is 6.22. The Hall–Kier alpha value is -4.31. The summed E-state index contributed by atoms with van der Waals surface area (Å²) in [6.07, 6.45) is 1.37. The van der Waals surface area contributed by atoms with Crippen LogP contribution in [0.3, 0.4) is 0 Å². The minimum absolute atomic E-state index is 0.211. The number of nitrogens with zero attached hydrogens (tertiary/aromatic N) is 1. The van der Waals surface area contributed by atoms with Crippen LogP contribution in [0.25, 0.3) is 6.08 Å². The highest BCUT2D eigenvalue weighted by Crippen LogP contribution is 2.29. The molecule has 0 bridgehead atoms. The average Bonchev–Trinajstić information content (AvgIpc) is 2.84. The molecule has 3 aromatic carbocycles. The standard InChI is InChI=1S/C27H21BrFN3O5/c1-15-3-9-20(11-16(15)2)32-26(35)21(25(34)31-27(32)36)12-17-4-10-23(22(28)13-17)37-14-24(33)30-19-7-5-18(29)6-8-19/h3-13H,14H2,1-2H3,(H,30,33)(H,31,34,36)/b21-12-. The van der Waals surface area contributed by atoms with Gasteiger partial charge in [-0.1, -0.05) is 12.1 Å². The fourth-order valence-electron chi connectivity index (χ4n) is 3.52. The van der Waals surface area contributed by atoms with E-state index in [1.807, 2.05) is 13.8 Å². The molecule has 188 valence electrons. The zero-order valence-electron chi connectivity index (χ0n) is 19.8. The number of benzene rings is 3. The number of ether oxygens (including phenoxy) is 1.